The molecule has 2 aromatic carbocycles. The molecule has 32 heavy (non-hydrogen) atoms. The van der Waals surface area contributed by atoms with Gasteiger partial charge in [0, 0.05) is 25.3 Å². The van der Waals surface area contributed by atoms with E-state index in [2.05, 4.69) is 63.8 Å². The normalized spacial score (nSPS) is 16.2. The summed E-state index contributed by atoms with van der Waals surface area (Å²) in [5, 5.41) is 1.90. The number of benzene rings is 2. The van der Waals surface area contributed by atoms with Gasteiger partial charge < -0.3 is 4.74 Å². The van der Waals surface area contributed by atoms with Gasteiger partial charge >= 0.3 is 0 Å². The van der Waals surface area contributed by atoms with Crippen LogP contribution < -0.4 is 4.74 Å². The maximum absolute atomic E-state index is 6.63. The average Bonchev–Trinajstić information content (AvgIpc) is 3.40. The van der Waals surface area contributed by atoms with Crippen LogP contribution >= 0.6 is 38.9 Å². The summed E-state index contributed by atoms with van der Waals surface area (Å²) in [7, 11) is 0. The van der Waals surface area contributed by atoms with Crippen LogP contribution in [0.3, 0.4) is 0 Å². The highest BCUT2D eigenvalue weighted by Crippen LogP contribution is 2.49. The van der Waals surface area contributed by atoms with Crippen molar-refractivity contribution in [1.29, 1.82) is 0 Å². The molecule has 1 aliphatic heterocycles. The minimum atomic E-state index is -0.160. The van der Waals surface area contributed by atoms with Gasteiger partial charge in [0.25, 0.3) is 0 Å². The fraction of sp³-hybridized carbons (Fsp3) is 0.333. The van der Waals surface area contributed by atoms with Crippen LogP contribution in [-0.2, 0) is 0 Å². The lowest BCUT2D eigenvalue weighted by Gasteiger charge is -2.30. The van der Waals surface area contributed by atoms with E-state index in [-0.39, 0.29) is 6.23 Å². The maximum atomic E-state index is 6.63. The number of fused-ring (bicyclic) bond motifs is 5. The summed E-state index contributed by atoms with van der Waals surface area (Å²) >= 11 is 11.8. The summed E-state index contributed by atoms with van der Waals surface area (Å²) in [5.41, 5.74) is 4.70. The molecule has 1 aliphatic carbocycles. The first-order chi connectivity index (χ1) is 15.6. The predicted octanol–water partition coefficient (Wildman–Crippen LogP) is 9.96. The highest BCUT2D eigenvalue weighted by Gasteiger charge is 2.33. The van der Waals surface area contributed by atoms with E-state index in [9.17, 15) is 0 Å². The van der Waals surface area contributed by atoms with E-state index in [1.165, 1.54) is 33.9 Å². The number of thiophene rings is 1. The minimum Gasteiger partial charge on any atom is -0.464 e. The second-order valence-electron chi connectivity index (χ2n) is 7.68. The van der Waals surface area contributed by atoms with Crippen molar-refractivity contribution in [2.45, 2.75) is 59.6 Å². The van der Waals surface area contributed by atoms with E-state index in [0.29, 0.717) is 0 Å². The van der Waals surface area contributed by atoms with Crippen LogP contribution in [0.25, 0.3) is 22.2 Å². The molecular weight excluding hydrogens is 502 g/mol. The Balaban J connectivity index is 0.000000582. The molecular formula is C27H29BrClNOS. The number of aromatic nitrogens is 1. The third-order valence-electron chi connectivity index (χ3n) is 5.66. The lowest BCUT2D eigenvalue weighted by molar-refractivity contribution is 0.177. The van der Waals surface area contributed by atoms with Crippen LogP contribution in [-0.4, -0.2) is 4.57 Å². The highest BCUT2D eigenvalue weighted by molar-refractivity contribution is 9.10. The number of hydrogen-bond donors (Lipinski definition) is 0. The number of hydrogen-bond acceptors (Lipinski definition) is 2. The van der Waals surface area contributed by atoms with Gasteiger partial charge in [0.15, 0.2) is 0 Å². The van der Waals surface area contributed by atoms with E-state index in [1.54, 1.807) is 0 Å². The minimum absolute atomic E-state index is 0.160. The molecule has 6 rings (SSSR count). The first-order valence-corrected chi connectivity index (χ1v) is 13.4. The molecule has 0 spiro atoms. The molecule has 0 N–H and O–H groups in total. The molecule has 3 heterocycles. The van der Waals surface area contributed by atoms with Crippen LogP contribution in [0.2, 0.25) is 5.02 Å². The smallest absolute Gasteiger partial charge is 0.212 e. The Kier molecular flexibility index (Phi) is 7.04. The van der Waals surface area contributed by atoms with Crippen molar-refractivity contribution in [2.75, 3.05) is 0 Å². The van der Waals surface area contributed by atoms with Gasteiger partial charge in [0.2, 0.25) is 6.23 Å². The lowest BCUT2D eigenvalue weighted by Crippen LogP contribution is -2.21. The SMILES string of the molecule is CC.CC.Cc1cc(Br)cc2c1-c1cc3cc(Cl)ccc3n1C(c1ccc(C3CC3)s1)O2. The zero-order chi connectivity index (χ0) is 23.0. The Morgan fingerprint density at radius 1 is 0.969 bits per heavy atom. The zero-order valence-electron chi connectivity index (χ0n) is 19.2. The average molecular weight is 531 g/mol. The maximum Gasteiger partial charge on any atom is 0.212 e. The summed E-state index contributed by atoms with van der Waals surface area (Å²) in [4.78, 5) is 2.73. The van der Waals surface area contributed by atoms with E-state index in [1.807, 2.05) is 51.2 Å². The molecule has 1 saturated carbocycles. The molecule has 4 aromatic rings. The van der Waals surface area contributed by atoms with Crippen LogP contribution in [0.1, 0.15) is 68.0 Å². The largest absolute Gasteiger partial charge is 0.464 e. The first kappa shape index (κ1) is 23.4. The molecule has 2 aliphatic rings. The second-order valence-corrected chi connectivity index (χ2v) is 10.2. The standard InChI is InChI=1S/C23H17BrClNOS.2C2H6/c1-12-8-15(24)11-19-22(12)18-10-14-9-16(25)4-5-17(14)26(18)23(27-19)21-7-6-20(28-21)13-2-3-13;2*1-2/h4-11,13,23H,2-3H2,1H3;2*1-2H3. The molecule has 2 aromatic heterocycles. The van der Waals surface area contributed by atoms with Crippen molar-refractivity contribution in [1.82, 2.24) is 4.57 Å². The summed E-state index contributed by atoms with van der Waals surface area (Å²) < 4.78 is 10.00. The Morgan fingerprint density at radius 2 is 1.69 bits per heavy atom. The van der Waals surface area contributed by atoms with E-state index >= 15 is 0 Å². The molecule has 2 nitrogen and oxygen atoms in total. The van der Waals surface area contributed by atoms with Gasteiger partial charge in [-0.3, -0.25) is 4.57 Å². The van der Waals surface area contributed by atoms with Crippen molar-refractivity contribution in [2.24, 2.45) is 0 Å². The van der Waals surface area contributed by atoms with Gasteiger partial charge in [-0.05, 0) is 79.8 Å². The third-order valence-corrected chi connectivity index (χ3v) is 7.64. The number of ether oxygens (including phenoxy) is 1. The Hall–Kier alpha value is -1.75. The van der Waals surface area contributed by atoms with Gasteiger partial charge in [-0.15, -0.1) is 11.3 Å². The molecule has 1 fully saturated rings. The Morgan fingerprint density at radius 3 is 2.41 bits per heavy atom. The van der Waals surface area contributed by atoms with Crippen molar-refractivity contribution < 1.29 is 4.74 Å². The van der Waals surface area contributed by atoms with E-state index in [0.717, 1.165) is 37.6 Å². The summed E-state index contributed by atoms with van der Waals surface area (Å²) in [5.74, 6) is 1.69. The quantitative estimate of drug-likeness (QED) is 0.251. The Labute approximate surface area is 208 Å². The molecule has 0 radical (unpaired) electrons. The highest BCUT2D eigenvalue weighted by atomic mass is 79.9. The summed E-state index contributed by atoms with van der Waals surface area (Å²) in [6, 6.07) is 17.1. The van der Waals surface area contributed by atoms with E-state index in [4.69, 9.17) is 16.3 Å². The molecule has 1 atom stereocenters. The third kappa shape index (κ3) is 4.13. The van der Waals surface area contributed by atoms with Crippen molar-refractivity contribution in [3.8, 4) is 17.0 Å². The van der Waals surface area contributed by atoms with Crippen molar-refractivity contribution in [3.63, 3.8) is 0 Å². The van der Waals surface area contributed by atoms with Crippen molar-refractivity contribution >= 4 is 49.8 Å². The van der Waals surface area contributed by atoms with Crippen LogP contribution in [0, 0.1) is 6.92 Å². The fourth-order valence-corrected chi connectivity index (χ4v) is 6.17. The van der Waals surface area contributed by atoms with Gasteiger partial charge in [-0.1, -0.05) is 55.2 Å². The number of aryl methyl sites for hydroxylation is 1. The molecule has 168 valence electrons. The van der Waals surface area contributed by atoms with Gasteiger partial charge in [0.1, 0.15) is 5.75 Å². The van der Waals surface area contributed by atoms with Gasteiger partial charge in [0.05, 0.1) is 16.1 Å². The number of nitrogens with zero attached hydrogens (tertiary/aromatic N) is 1. The fourth-order valence-electron chi connectivity index (χ4n) is 4.23. The summed E-state index contributed by atoms with van der Waals surface area (Å²) in [6.07, 6.45) is 2.47. The van der Waals surface area contributed by atoms with E-state index < -0.39 is 0 Å². The molecule has 0 amide bonds. The first-order valence-electron chi connectivity index (χ1n) is 11.5. The van der Waals surface area contributed by atoms with Gasteiger partial charge in [-0.25, -0.2) is 0 Å². The van der Waals surface area contributed by atoms with Crippen LogP contribution in [0.5, 0.6) is 5.75 Å². The van der Waals surface area contributed by atoms with Crippen LogP contribution in [0.4, 0.5) is 0 Å². The predicted molar refractivity (Wildman–Crippen MR) is 143 cm³/mol. The second kappa shape index (κ2) is 9.62. The molecule has 0 saturated heterocycles. The number of halogens is 2. The van der Waals surface area contributed by atoms with Gasteiger partial charge in [-0.2, -0.15) is 0 Å². The van der Waals surface area contributed by atoms with Crippen molar-refractivity contribution in [3.05, 3.63) is 73.3 Å². The number of rotatable bonds is 2. The molecule has 0 bridgehead atoms. The molecule has 5 heteroatoms. The monoisotopic (exact) mass is 529 g/mol. The lowest BCUT2D eigenvalue weighted by atomic mass is 10.0. The Bertz CT molecular complexity index is 1250. The zero-order valence-corrected chi connectivity index (χ0v) is 22.4. The topological polar surface area (TPSA) is 14.2 Å². The van der Waals surface area contributed by atoms with Crippen LogP contribution in [0.15, 0.2) is 53.0 Å². The molecule has 1 unspecified atom stereocenters. The summed E-state index contributed by atoms with van der Waals surface area (Å²) in [6.45, 7) is 10.1.